The molecule has 2 bridgehead atoms. The Morgan fingerprint density at radius 2 is 1.83 bits per heavy atom. The van der Waals surface area contributed by atoms with Crippen molar-refractivity contribution in [3.8, 4) is 5.75 Å². The number of piperidine rings is 2. The monoisotopic (exact) mass is 899 g/mol. The number of alkyl halides is 2. The summed E-state index contributed by atoms with van der Waals surface area (Å²) in [5, 5.41) is 41.0. The maximum Gasteiger partial charge on any atom is 0.284 e. The summed E-state index contributed by atoms with van der Waals surface area (Å²) in [5.74, 6) is 1.25. The van der Waals surface area contributed by atoms with Crippen LogP contribution in [0.25, 0.3) is 16.6 Å². The molecule has 5 atom stereocenters. The van der Waals surface area contributed by atoms with Gasteiger partial charge in [0.15, 0.2) is 17.2 Å². The number of anilines is 2. The van der Waals surface area contributed by atoms with Crippen molar-refractivity contribution in [2.24, 2.45) is 5.92 Å². The van der Waals surface area contributed by atoms with Crippen LogP contribution >= 0.6 is 0 Å². The molecule has 5 aromatic rings. The molecular formula is C46H59F2N11O6. The zero-order valence-corrected chi connectivity index (χ0v) is 36.9. The van der Waals surface area contributed by atoms with Gasteiger partial charge in [0.05, 0.1) is 64.8 Å². The molecule has 0 radical (unpaired) electrons. The minimum atomic E-state index is -2.86. The van der Waals surface area contributed by atoms with E-state index in [-0.39, 0.29) is 53.3 Å². The highest BCUT2D eigenvalue weighted by atomic mass is 19.3. The summed E-state index contributed by atoms with van der Waals surface area (Å²) in [6.45, 7) is 8.29. The summed E-state index contributed by atoms with van der Waals surface area (Å²) in [5.41, 5.74) is 1.71. The lowest BCUT2D eigenvalue weighted by Gasteiger charge is -2.47. The zero-order valence-electron chi connectivity index (χ0n) is 36.9. The standard InChI is InChI=1S/C46H59F2N11O6/c1-26-38-34(59(52-26)35-11-12-37(60)51-44(35)61)5-3-6-36(38)64-32-20-46(2,21-32)65-30-13-17-55(18-14-30)22-27-7-9-28(10-8-27)58-24-33(40(53-58)41(47)48)50-45(62)39-42-49-15-4-16-57(42)54-43(39)56-23-31-19-29(56)25-63-31/h3-6,15-16,24,27-32,35,37,41,44,51,60-61H,7-14,17-23,25H2,1-2H3,(H,50,62)/t27?,28?,29-,31-,32?,35+,37+,44+,46?/m1/s1. The lowest BCUT2D eigenvalue weighted by atomic mass is 9.78. The van der Waals surface area contributed by atoms with Crippen molar-refractivity contribution in [1.29, 1.82) is 0 Å². The van der Waals surface area contributed by atoms with Crippen LogP contribution in [-0.4, -0.2) is 130 Å². The molecule has 6 fully saturated rings. The van der Waals surface area contributed by atoms with Gasteiger partial charge in [-0.15, -0.1) is 5.10 Å². The number of aliphatic hydroxyl groups is 2. The zero-order chi connectivity index (χ0) is 44.6. The van der Waals surface area contributed by atoms with E-state index in [4.69, 9.17) is 19.3 Å². The van der Waals surface area contributed by atoms with Gasteiger partial charge in [0, 0.05) is 57.6 Å². The fraction of sp³-hybridized carbons (Fsp3) is 0.630. The second-order valence-electron chi connectivity index (χ2n) is 19.6. The maximum absolute atomic E-state index is 14.5. The summed E-state index contributed by atoms with van der Waals surface area (Å²) < 4.78 is 53.1. The molecule has 19 heteroatoms. The van der Waals surface area contributed by atoms with Crippen LogP contribution in [0.5, 0.6) is 5.75 Å². The Morgan fingerprint density at radius 1 is 1.02 bits per heavy atom. The Morgan fingerprint density at radius 3 is 2.57 bits per heavy atom. The van der Waals surface area contributed by atoms with E-state index in [1.54, 1.807) is 33.9 Å². The number of fused-ring (bicyclic) bond motifs is 4. The van der Waals surface area contributed by atoms with Gasteiger partial charge in [0.2, 0.25) is 0 Å². The highest BCUT2D eigenvalue weighted by Crippen LogP contribution is 2.43. The van der Waals surface area contributed by atoms with Gasteiger partial charge >= 0.3 is 0 Å². The fourth-order valence-electron chi connectivity index (χ4n) is 11.6. The molecule has 4 saturated heterocycles. The SMILES string of the molecule is Cc1nn([C@H]2CC[C@H](O)N[C@H]2O)c2cccc(OC3CC(C)(OC4CCN(CC5CCC(n6cc(NC(=O)c7c(N8C[C@H]9C[C@@H]8CO9)nn8cccnc78)c(C(F)F)n6)CC5)CC4)C3)c12. The number of aliphatic hydroxyl groups excluding tert-OH is 2. The summed E-state index contributed by atoms with van der Waals surface area (Å²) in [6, 6.07) is 7.49. The highest BCUT2D eigenvalue weighted by molar-refractivity contribution is 6.12. The van der Waals surface area contributed by atoms with Crippen LogP contribution in [0.15, 0.2) is 42.9 Å². The number of aryl methyl sites for hydroxylation is 1. The van der Waals surface area contributed by atoms with Crippen molar-refractivity contribution < 1.29 is 38.0 Å². The van der Waals surface area contributed by atoms with Crippen LogP contribution in [0.1, 0.15) is 118 Å². The van der Waals surface area contributed by atoms with Crippen molar-refractivity contribution in [1.82, 2.24) is 44.4 Å². The van der Waals surface area contributed by atoms with Crippen LogP contribution in [0.2, 0.25) is 0 Å². The van der Waals surface area contributed by atoms with Gasteiger partial charge in [-0.05, 0) is 95.8 Å². The number of carbonyl (C=O) groups is 1. The number of rotatable bonds is 12. The molecule has 6 aliphatic rings. The van der Waals surface area contributed by atoms with E-state index in [0.29, 0.717) is 43.4 Å². The smallest absolute Gasteiger partial charge is 0.284 e. The minimum Gasteiger partial charge on any atom is -0.489 e. The molecule has 1 aromatic carbocycles. The van der Waals surface area contributed by atoms with E-state index in [2.05, 4.69) is 42.5 Å². The molecule has 2 saturated carbocycles. The second-order valence-corrected chi connectivity index (χ2v) is 19.6. The molecule has 2 aliphatic carbocycles. The Kier molecular flexibility index (Phi) is 11.3. The number of amides is 1. The van der Waals surface area contributed by atoms with Crippen molar-refractivity contribution in [3.63, 3.8) is 0 Å². The third-order valence-electron chi connectivity index (χ3n) is 14.9. The van der Waals surface area contributed by atoms with Gasteiger partial charge in [0.25, 0.3) is 12.3 Å². The van der Waals surface area contributed by atoms with Crippen LogP contribution in [0.3, 0.4) is 0 Å². The summed E-state index contributed by atoms with van der Waals surface area (Å²) >= 11 is 0. The number of benzene rings is 1. The molecule has 65 heavy (non-hydrogen) atoms. The van der Waals surface area contributed by atoms with Crippen LogP contribution in [0.4, 0.5) is 20.3 Å². The number of morpholine rings is 1. The number of nitrogens with zero attached hydrogens (tertiary/aromatic N) is 9. The van der Waals surface area contributed by atoms with Gasteiger partial charge in [-0.25, -0.2) is 18.3 Å². The molecule has 0 unspecified atom stereocenters. The number of hydrogen-bond acceptors (Lipinski definition) is 13. The van der Waals surface area contributed by atoms with Gasteiger partial charge in [0.1, 0.15) is 29.9 Å². The summed E-state index contributed by atoms with van der Waals surface area (Å²) in [6.07, 6.45) is 9.93. The fourth-order valence-corrected chi connectivity index (χ4v) is 11.6. The molecule has 0 spiro atoms. The predicted octanol–water partition coefficient (Wildman–Crippen LogP) is 5.53. The molecule has 4 aromatic heterocycles. The van der Waals surface area contributed by atoms with Gasteiger partial charge < -0.3 is 39.5 Å². The van der Waals surface area contributed by atoms with Crippen LogP contribution in [0, 0.1) is 12.8 Å². The van der Waals surface area contributed by atoms with Crippen molar-refractivity contribution in [3.05, 3.63) is 59.8 Å². The Bertz CT molecular complexity index is 2530. The van der Waals surface area contributed by atoms with Crippen LogP contribution in [-0.2, 0) is 9.47 Å². The molecule has 4 aliphatic heterocycles. The number of carbonyl (C=O) groups excluding carboxylic acids is 1. The maximum atomic E-state index is 14.5. The van der Waals surface area contributed by atoms with Gasteiger partial charge in [-0.3, -0.25) is 19.5 Å². The first-order chi connectivity index (χ1) is 31.4. The summed E-state index contributed by atoms with van der Waals surface area (Å²) in [7, 11) is 0. The first-order valence-electron chi connectivity index (χ1n) is 23.5. The highest BCUT2D eigenvalue weighted by Gasteiger charge is 2.46. The Hall–Kier alpha value is -4.79. The molecule has 4 N–H and O–H groups in total. The van der Waals surface area contributed by atoms with E-state index in [1.807, 2.05) is 29.8 Å². The lowest BCUT2D eigenvalue weighted by Crippen LogP contribution is -2.52. The van der Waals surface area contributed by atoms with E-state index in [0.717, 1.165) is 99.8 Å². The van der Waals surface area contributed by atoms with E-state index >= 15 is 0 Å². The van der Waals surface area contributed by atoms with E-state index in [9.17, 15) is 23.8 Å². The average Bonchev–Trinajstić information content (AvgIpc) is 4.13. The quantitative estimate of drug-likeness (QED) is 0.123. The van der Waals surface area contributed by atoms with Gasteiger partial charge in [-0.1, -0.05) is 6.07 Å². The molecule has 1 amide bonds. The normalized spacial score (nSPS) is 31.0. The van der Waals surface area contributed by atoms with Crippen molar-refractivity contribution in [2.45, 2.75) is 145 Å². The van der Waals surface area contributed by atoms with E-state index < -0.39 is 30.5 Å². The number of halogens is 2. The lowest BCUT2D eigenvalue weighted by molar-refractivity contribution is -0.175. The molecular weight excluding hydrogens is 841 g/mol. The van der Waals surface area contributed by atoms with Crippen molar-refractivity contribution in [2.75, 3.05) is 43.0 Å². The third-order valence-corrected chi connectivity index (χ3v) is 14.9. The predicted molar refractivity (Wildman–Crippen MR) is 235 cm³/mol. The molecule has 348 valence electrons. The number of nitrogens with one attached hydrogen (secondary N) is 2. The Labute approximate surface area is 375 Å². The second kappa shape index (κ2) is 17.1. The number of hydrogen-bond donors (Lipinski definition) is 4. The van der Waals surface area contributed by atoms with E-state index in [1.165, 1.54) is 0 Å². The number of ether oxygens (including phenoxy) is 3. The largest absolute Gasteiger partial charge is 0.489 e. The average molecular weight is 900 g/mol. The van der Waals surface area contributed by atoms with Crippen LogP contribution < -0.4 is 20.3 Å². The first kappa shape index (κ1) is 42.8. The molecule has 17 nitrogen and oxygen atoms in total. The van der Waals surface area contributed by atoms with Crippen molar-refractivity contribution >= 4 is 34.0 Å². The number of likely N-dealkylation sites (tertiary alicyclic amines) is 1. The summed E-state index contributed by atoms with van der Waals surface area (Å²) in [4.78, 5) is 23.0. The first-order valence-corrected chi connectivity index (χ1v) is 23.5. The Balaban J connectivity index is 0.652. The number of aromatic nitrogens is 7. The topological polar surface area (TPSA) is 182 Å². The molecule has 8 heterocycles. The van der Waals surface area contributed by atoms with Gasteiger partial charge in [-0.2, -0.15) is 10.2 Å². The third kappa shape index (κ3) is 8.26. The molecule has 11 rings (SSSR count). The minimum absolute atomic E-state index is 0.0118.